The summed E-state index contributed by atoms with van der Waals surface area (Å²) in [5.41, 5.74) is 0.762. The number of benzene rings is 2. The molecule has 10 amide bonds. The van der Waals surface area contributed by atoms with Gasteiger partial charge in [0.05, 0.1) is 63.3 Å². The van der Waals surface area contributed by atoms with Gasteiger partial charge in [0.15, 0.2) is 6.10 Å². The monoisotopic (exact) mass is 1570 g/mol. The van der Waals surface area contributed by atoms with Gasteiger partial charge in [-0.2, -0.15) is 13.2 Å². The molecule has 30 heteroatoms. The van der Waals surface area contributed by atoms with Crippen molar-refractivity contribution in [1.29, 1.82) is 0 Å². The average molecular weight is 1570 g/mol. The van der Waals surface area contributed by atoms with E-state index in [0.717, 1.165) is 17.5 Å². The van der Waals surface area contributed by atoms with E-state index in [0.29, 0.717) is 25.9 Å². The van der Waals surface area contributed by atoms with E-state index < -0.39 is 169 Å². The third-order valence-electron chi connectivity index (χ3n) is 20.5. The molecule has 6 N–H and O–H groups in total. The Morgan fingerprint density at radius 3 is 1.55 bits per heavy atom. The molecule has 2 heterocycles. The van der Waals surface area contributed by atoms with Crippen LogP contribution in [0.1, 0.15) is 165 Å². The summed E-state index contributed by atoms with van der Waals surface area (Å²) in [6.07, 6.45) is -7.79. The van der Waals surface area contributed by atoms with Crippen LogP contribution in [-0.4, -0.2) is 295 Å². The lowest BCUT2D eigenvalue weighted by Crippen LogP contribution is -2.63. The molecule has 0 radical (unpaired) electrons. The molecule has 2 unspecified atom stereocenters. The van der Waals surface area contributed by atoms with Gasteiger partial charge < -0.3 is 74.7 Å². The van der Waals surface area contributed by atoms with Gasteiger partial charge in [-0.3, -0.25) is 58.2 Å². The fourth-order valence-corrected chi connectivity index (χ4v) is 13.6. The predicted octanol–water partition coefficient (Wildman–Crippen LogP) is 5.86. The van der Waals surface area contributed by atoms with Crippen LogP contribution in [0.25, 0.3) is 0 Å². The Labute approximate surface area is 657 Å². The highest BCUT2D eigenvalue weighted by Gasteiger charge is 2.45. The van der Waals surface area contributed by atoms with E-state index >= 15 is 28.8 Å². The molecular formula is C81H133F3N12O15. The lowest BCUT2D eigenvalue weighted by atomic mass is 9.97. The SMILES string of the molecule is CC(C)C[C@H]1C(=O)N[C@@H](C(C)C)C(=O)N(C)[C@@H](Cc2ccccc2)C(=O)N(C)[C@@H](Cc2ccccc2)COCN[C@@H](COC(C)(C)C)C(=O)N(C)[C@@H](CC(C)C)C(=O)N[C@@H](COCC(O)C(F)(F)F)C(O)N(C)[C@@H](CC(C)C)C(=O)N(C)[C@@H](CC(C)C)C(=O)N[C@H](C(=O)N2CCCCC2)CC(=O)N(C)CCCC(=O)N1C. The zero-order chi connectivity index (χ0) is 83.5. The van der Waals surface area contributed by atoms with Crippen molar-refractivity contribution >= 4 is 59.1 Å². The molecule has 628 valence electrons. The molecule has 111 heavy (non-hydrogen) atoms. The van der Waals surface area contributed by atoms with Crippen molar-refractivity contribution in [3.05, 3.63) is 71.8 Å². The summed E-state index contributed by atoms with van der Waals surface area (Å²) < 4.78 is 59.6. The van der Waals surface area contributed by atoms with Gasteiger partial charge in [0.2, 0.25) is 59.1 Å². The summed E-state index contributed by atoms with van der Waals surface area (Å²) in [7, 11) is 10.3. The molecule has 0 aromatic heterocycles. The largest absolute Gasteiger partial charge is 0.416 e. The molecule has 0 saturated carbocycles. The Balaban J connectivity index is 1.95. The molecule has 2 fully saturated rings. The summed E-state index contributed by atoms with van der Waals surface area (Å²) in [4.78, 5) is 161. The van der Waals surface area contributed by atoms with Crippen molar-refractivity contribution in [1.82, 2.24) is 60.5 Å². The number of rotatable bonds is 20. The Morgan fingerprint density at radius 2 is 1.04 bits per heavy atom. The third kappa shape index (κ3) is 30.8. The maximum Gasteiger partial charge on any atom is 0.416 e. The highest BCUT2D eigenvalue weighted by Crippen LogP contribution is 2.26. The number of carbonyl (C=O) groups is 10. The summed E-state index contributed by atoms with van der Waals surface area (Å²) in [6, 6.07) is 6.07. The first-order chi connectivity index (χ1) is 51.9. The molecule has 27 nitrogen and oxygen atoms in total. The second-order valence-corrected chi connectivity index (χ2v) is 33.2. The number of carbonyl (C=O) groups excluding carboxylic acids is 10. The minimum absolute atomic E-state index is 0.00348. The number of aliphatic hydroxyl groups is 2. The van der Waals surface area contributed by atoms with Gasteiger partial charge in [-0.25, -0.2) is 0 Å². The number of aliphatic hydroxyl groups excluding tert-OH is 2. The van der Waals surface area contributed by atoms with Gasteiger partial charge >= 0.3 is 6.18 Å². The van der Waals surface area contributed by atoms with E-state index in [9.17, 15) is 42.6 Å². The second-order valence-electron chi connectivity index (χ2n) is 33.2. The molecule has 2 aliphatic rings. The van der Waals surface area contributed by atoms with Crippen molar-refractivity contribution in [3.8, 4) is 0 Å². The van der Waals surface area contributed by atoms with Gasteiger partial charge in [-0.1, -0.05) is 130 Å². The fourth-order valence-electron chi connectivity index (χ4n) is 13.6. The second kappa shape index (κ2) is 45.5. The van der Waals surface area contributed by atoms with Crippen LogP contribution in [-0.2, 0) is 75.0 Å². The van der Waals surface area contributed by atoms with Crippen LogP contribution in [0, 0.1) is 29.6 Å². The van der Waals surface area contributed by atoms with Gasteiger partial charge in [-0.05, 0) is 126 Å². The van der Waals surface area contributed by atoms with Crippen molar-refractivity contribution in [3.63, 3.8) is 0 Å². The number of alkyl halides is 3. The molecule has 2 aliphatic heterocycles. The van der Waals surface area contributed by atoms with Crippen molar-refractivity contribution in [2.45, 2.75) is 252 Å². The first-order valence-corrected chi connectivity index (χ1v) is 39.4. The first-order valence-electron chi connectivity index (χ1n) is 39.4. The number of ether oxygens (including phenoxy) is 3. The first kappa shape index (κ1) is 96.0. The summed E-state index contributed by atoms with van der Waals surface area (Å²) in [6.45, 7) is 21.4. The van der Waals surface area contributed by atoms with E-state index in [-0.39, 0.29) is 102 Å². The van der Waals surface area contributed by atoms with Crippen LogP contribution in [0.5, 0.6) is 0 Å². The number of likely N-dealkylation sites (N-methyl/N-ethyl adjacent to an activating group) is 6. The number of amides is 10. The van der Waals surface area contributed by atoms with Gasteiger partial charge in [0, 0.05) is 74.8 Å². The summed E-state index contributed by atoms with van der Waals surface area (Å²) in [5, 5.41) is 34.4. The maximum absolute atomic E-state index is 15.5. The smallest absolute Gasteiger partial charge is 0.382 e. The van der Waals surface area contributed by atoms with Gasteiger partial charge in [-0.15, -0.1) is 0 Å². The van der Waals surface area contributed by atoms with E-state index in [1.54, 1.807) is 74.3 Å². The Kier molecular flexibility index (Phi) is 39.4. The number of halogens is 3. The molecule has 0 aliphatic carbocycles. The molecule has 0 spiro atoms. The van der Waals surface area contributed by atoms with Crippen LogP contribution in [0.15, 0.2) is 60.7 Å². The highest BCUT2D eigenvalue weighted by molar-refractivity contribution is 5.97. The van der Waals surface area contributed by atoms with Crippen LogP contribution in [0.4, 0.5) is 13.2 Å². The number of piperidine rings is 1. The topological polar surface area (TPSA) is 313 Å². The summed E-state index contributed by atoms with van der Waals surface area (Å²) in [5.74, 6) is -7.66. The Hall–Kier alpha value is -7.35. The zero-order valence-corrected chi connectivity index (χ0v) is 69.6. The van der Waals surface area contributed by atoms with Gasteiger partial charge in [0.25, 0.3) is 0 Å². The molecule has 2 aromatic rings. The molecule has 2 saturated heterocycles. The third-order valence-corrected chi connectivity index (χ3v) is 20.5. The maximum atomic E-state index is 15.5. The Bertz CT molecular complexity index is 3270. The highest BCUT2D eigenvalue weighted by atomic mass is 19.4. The van der Waals surface area contributed by atoms with Crippen LogP contribution >= 0.6 is 0 Å². The number of nitrogens with one attached hydrogen (secondary N) is 4. The molecule has 4 rings (SSSR count). The molecular weight excluding hydrogens is 1440 g/mol. The minimum Gasteiger partial charge on any atom is -0.382 e. The minimum atomic E-state index is -5.12. The van der Waals surface area contributed by atoms with Crippen LogP contribution < -0.4 is 21.3 Å². The zero-order valence-electron chi connectivity index (χ0n) is 69.6. The number of likely N-dealkylation sites (tertiary alicyclic amines) is 1. The lowest BCUT2D eigenvalue weighted by molar-refractivity contribution is -0.218. The van der Waals surface area contributed by atoms with E-state index in [2.05, 4.69) is 21.3 Å². The predicted molar refractivity (Wildman–Crippen MR) is 417 cm³/mol. The van der Waals surface area contributed by atoms with Gasteiger partial charge in [0.1, 0.15) is 48.5 Å². The van der Waals surface area contributed by atoms with Crippen molar-refractivity contribution in [2.24, 2.45) is 29.6 Å². The lowest BCUT2D eigenvalue weighted by Gasteiger charge is -2.40. The standard InChI is InChI=1S/C81H133F3N12O15/c1-51(2)39-62-73(102)88-70(55(9)10)79(108)95(20)66(44-57-33-26-22-27-34-57)77(106)90(15)58(43-56-31-24-21-25-32-56)46-110-50-85-60(48-111-80(11,12)13)74(103)92(17)63(40-52(3)4)72(101)87-61(47-109-49-67(97)81(82,83)84)75(104)94(19)65(42-54(7)8)78(107)93(18)64(41-53(5)6)71(100)86-59(76(105)96-37-28-23-29-38-96)45-69(99)89(14)36-30-35-68(98)91(62)16/h21-22,24-27,31-34,51-55,58-67,70,75,85,97,104H,23,28-30,35-50H2,1-20H3,(H,86,100)(H,87,101)(H,88,102)/t58-,59-,60-,61-,62-,63-,64-,65-,66-,67?,70-,75?/m0/s1. The fraction of sp³-hybridized carbons (Fsp3) is 0.728. The molecule has 2 aromatic carbocycles. The molecule has 0 bridgehead atoms. The van der Waals surface area contributed by atoms with E-state index in [1.165, 1.54) is 76.6 Å². The Morgan fingerprint density at radius 1 is 0.559 bits per heavy atom. The van der Waals surface area contributed by atoms with Crippen molar-refractivity contribution in [2.75, 3.05) is 102 Å². The average Bonchev–Trinajstić information content (AvgIpc) is 0.819. The number of nitrogens with zero attached hydrogens (tertiary/aromatic N) is 8. The normalized spacial score (nSPS) is 25.4. The van der Waals surface area contributed by atoms with Crippen molar-refractivity contribution < 1.29 is 85.5 Å². The number of hydrogen-bond donors (Lipinski definition) is 6. The summed E-state index contributed by atoms with van der Waals surface area (Å²) >= 11 is 0. The quantitative estimate of drug-likeness (QED) is 0.0904. The van der Waals surface area contributed by atoms with E-state index in [1.807, 2.05) is 88.4 Å². The van der Waals surface area contributed by atoms with Crippen LogP contribution in [0.2, 0.25) is 0 Å². The van der Waals surface area contributed by atoms with Crippen LogP contribution in [0.3, 0.4) is 0 Å². The number of hydrogen-bond acceptors (Lipinski definition) is 17. The van der Waals surface area contributed by atoms with E-state index in [4.69, 9.17) is 14.2 Å². The molecule has 12 atom stereocenters.